The number of halogens is 3. The highest BCUT2D eigenvalue weighted by Crippen LogP contribution is 2.41. The Morgan fingerprint density at radius 1 is 1.22 bits per heavy atom. The van der Waals surface area contributed by atoms with Crippen molar-refractivity contribution in [2.75, 3.05) is 14.2 Å². The molecule has 23 heavy (non-hydrogen) atoms. The van der Waals surface area contributed by atoms with Gasteiger partial charge in [-0.3, -0.25) is 0 Å². The predicted octanol–water partition coefficient (Wildman–Crippen LogP) is 1.82. The number of hydrogen-bond acceptors (Lipinski definition) is 7. The molecule has 0 radical (unpaired) electrons. The molecule has 0 N–H and O–H groups in total. The monoisotopic (exact) mass is 333 g/mol. The van der Waals surface area contributed by atoms with Crippen LogP contribution in [0.3, 0.4) is 0 Å². The average Bonchev–Trinajstić information content (AvgIpc) is 2.87. The molecule has 2 rings (SSSR count). The van der Waals surface area contributed by atoms with E-state index in [1.54, 1.807) is 0 Å². The van der Waals surface area contributed by atoms with Crippen molar-refractivity contribution < 1.29 is 27.6 Å². The lowest BCUT2D eigenvalue weighted by Crippen LogP contribution is -2.13. The van der Waals surface area contributed by atoms with Gasteiger partial charge in [0.25, 0.3) is 0 Å². The van der Waals surface area contributed by atoms with E-state index in [9.17, 15) is 23.3 Å². The highest BCUT2D eigenvalue weighted by atomic mass is 19.4. The Labute approximate surface area is 126 Å². The van der Waals surface area contributed by atoms with E-state index in [0.717, 1.165) is 25.0 Å². The molecule has 0 fully saturated rings. The zero-order chi connectivity index (χ0) is 17.4. The maximum Gasteiger partial charge on any atom is 0.426 e. The summed E-state index contributed by atoms with van der Waals surface area (Å²) < 4.78 is 49.6. The molecule has 0 unspecified atom stereocenters. The molecule has 0 bridgehead atoms. The summed E-state index contributed by atoms with van der Waals surface area (Å²) >= 11 is 0. The van der Waals surface area contributed by atoms with E-state index in [-0.39, 0.29) is 11.5 Å². The van der Waals surface area contributed by atoms with Crippen LogP contribution in [0.2, 0.25) is 0 Å². The molecule has 0 saturated heterocycles. The Bertz CT molecular complexity index is 734. The number of aryl methyl sites for hydroxylation is 1. The van der Waals surface area contributed by atoms with Crippen LogP contribution < -0.4 is 9.47 Å². The summed E-state index contributed by atoms with van der Waals surface area (Å²) in [5.41, 5.74) is -1.25. The molecule has 0 saturated carbocycles. The van der Waals surface area contributed by atoms with Crippen LogP contribution in [0.4, 0.5) is 19.0 Å². The number of alkyl halides is 3. The van der Waals surface area contributed by atoms with Gasteiger partial charge in [-0.25, -0.2) is 0 Å². The molecule has 0 aliphatic rings. The summed E-state index contributed by atoms with van der Waals surface area (Å²) in [6.45, 7) is 0. The van der Waals surface area contributed by atoms with Crippen molar-refractivity contribution in [3.8, 4) is 23.3 Å². The summed E-state index contributed by atoms with van der Waals surface area (Å²) in [7, 11) is 3.38. The third kappa shape index (κ3) is 3.00. The number of nitro groups is 1. The van der Waals surface area contributed by atoms with Gasteiger partial charge in [0, 0.05) is 0 Å². The van der Waals surface area contributed by atoms with Gasteiger partial charge in [-0.1, -0.05) is 0 Å². The number of aromatic nitrogens is 4. The second-order valence-electron chi connectivity index (χ2n) is 4.21. The van der Waals surface area contributed by atoms with Crippen LogP contribution in [0.25, 0.3) is 11.5 Å². The fourth-order valence-corrected chi connectivity index (χ4v) is 1.82. The van der Waals surface area contributed by atoms with Gasteiger partial charge in [-0.2, -0.15) is 27.8 Å². The number of rotatable bonds is 4. The first kappa shape index (κ1) is 16.5. The maximum atomic E-state index is 13.1. The van der Waals surface area contributed by atoms with Crippen LogP contribution in [0.15, 0.2) is 6.07 Å². The van der Waals surface area contributed by atoms with Gasteiger partial charge in [0.05, 0.1) is 32.4 Å². The predicted molar refractivity (Wildman–Crippen MR) is 69.0 cm³/mol. The standard InChI is InChI=1S/C11H10F3N5O4/c1-18-5(4-6(17-18)19(20)21)8-15-9(22-2)7(11(12,13)14)10(16-8)23-3/h4H,1-3H3. The van der Waals surface area contributed by atoms with Gasteiger partial charge in [-0.15, -0.1) is 0 Å². The molecule has 0 aromatic carbocycles. The SMILES string of the molecule is COc1nc(-c2cc([N+](=O)[O-])nn2C)nc(OC)c1C(F)(F)F. The topological polar surface area (TPSA) is 105 Å². The molecule has 0 amide bonds. The Morgan fingerprint density at radius 2 is 1.74 bits per heavy atom. The van der Waals surface area contributed by atoms with Gasteiger partial charge < -0.3 is 19.6 Å². The molecule has 124 valence electrons. The van der Waals surface area contributed by atoms with E-state index in [2.05, 4.69) is 24.5 Å². The second-order valence-corrected chi connectivity index (χ2v) is 4.21. The van der Waals surface area contributed by atoms with E-state index in [1.165, 1.54) is 7.05 Å². The number of methoxy groups -OCH3 is 2. The average molecular weight is 333 g/mol. The van der Waals surface area contributed by atoms with Crippen LogP contribution in [0.5, 0.6) is 11.8 Å². The Hall–Kier alpha value is -2.92. The Balaban J connectivity index is 2.68. The molecule has 0 atom stereocenters. The quantitative estimate of drug-likeness (QED) is 0.620. The first-order valence-electron chi connectivity index (χ1n) is 5.95. The van der Waals surface area contributed by atoms with Crippen LogP contribution >= 0.6 is 0 Å². The zero-order valence-corrected chi connectivity index (χ0v) is 12.1. The van der Waals surface area contributed by atoms with E-state index in [4.69, 9.17) is 0 Å². The van der Waals surface area contributed by atoms with Crippen molar-refractivity contribution in [2.24, 2.45) is 7.05 Å². The summed E-state index contributed by atoms with van der Waals surface area (Å²) in [6.07, 6.45) is -4.80. The molecule has 2 aromatic heterocycles. The van der Waals surface area contributed by atoms with Gasteiger partial charge in [0.2, 0.25) is 11.8 Å². The van der Waals surface area contributed by atoms with Crippen LogP contribution in [0, 0.1) is 10.1 Å². The van der Waals surface area contributed by atoms with Gasteiger partial charge in [-0.05, 0) is 4.92 Å². The minimum Gasteiger partial charge on any atom is -0.480 e. The molecular formula is C11H10F3N5O4. The molecule has 9 nitrogen and oxygen atoms in total. The fraction of sp³-hybridized carbons (Fsp3) is 0.364. The maximum absolute atomic E-state index is 13.1. The normalized spacial score (nSPS) is 11.4. The minimum absolute atomic E-state index is 0.0297. The highest BCUT2D eigenvalue weighted by Gasteiger charge is 2.41. The van der Waals surface area contributed by atoms with E-state index in [0.29, 0.717) is 0 Å². The molecular weight excluding hydrogens is 323 g/mol. The largest absolute Gasteiger partial charge is 0.480 e. The lowest BCUT2D eigenvalue weighted by Gasteiger charge is -2.14. The zero-order valence-electron chi connectivity index (χ0n) is 12.1. The molecule has 2 heterocycles. The summed E-state index contributed by atoms with van der Waals surface area (Å²) in [6, 6.07) is 1.03. The number of nitrogens with zero attached hydrogens (tertiary/aromatic N) is 5. The lowest BCUT2D eigenvalue weighted by atomic mass is 10.2. The van der Waals surface area contributed by atoms with Crippen molar-refractivity contribution in [2.45, 2.75) is 6.18 Å². The second kappa shape index (κ2) is 5.70. The number of hydrogen-bond donors (Lipinski definition) is 0. The molecule has 0 aliphatic carbocycles. The van der Waals surface area contributed by atoms with Gasteiger partial charge in [0.15, 0.2) is 11.4 Å². The molecule has 0 aliphatic heterocycles. The molecule has 0 spiro atoms. The minimum atomic E-state index is -4.80. The third-order valence-corrected chi connectivity index (χ3v) is 2.80. The van der Waals surface area contributed by atoms with E-state index < -0.39 is 34.2 Å². The van der Waals surface area contributed by atoms with Crippen molar-refractivity contribution in [3.63, 3.8) is 0 Å². The Morgan fingerprint density at radius 3 is 2.09 bits per heavy atom. The van der Waals surface area contributed by atoms with Gasteiger partial charge in [0.1, 0.15) is 5.69 Å². The molecule has 2 aromatic rings. The van der Waals surface area contributed by atoms with E-state index >= 15 is 0 Å². The first-order valence-corrected chi connectivity index (χ1v) is 5.95. The van der Waals surface area contributed by atoms with Crippen LogP contribution in [-0.4, -0.2) is 38.9 Å². The molecule has 12 heteroatoms. The summed E-state index contributed by atoms with van der Waals surface area (Å²) in [5, 5.41) is 14.3. The smallest absolute Gasteiger partial charge is 0.426 e. The third-order valence-electron chi connectivity index (χ3n) is 2.80. The first-order chi connectivity index (χ1) is 10.7. The van der Waals surface area contributed by atoms with Crippen LogP contribution in [0.1, 0.15) is 5.56 Å². The van der Waals surface area contributed by atoms with Crippen LogP contribution in [-0.2, 0) is 13.2 Å². The van der Waals surface area contributed by atoms with E-state index in [1.807, 2.05) is 0 Å². The van der Waals surface area contributed by atoms with Gasteiger partial charge >= 0.3 is 12.0 Å². The summed E-state index contributed by atoms with van der Waals surface area (Å²) in [5.74, 6) is -2.27. The lowest BCUT2D eigenvalue weighted by molar-refractivity contribution is -0.389. The fourth-order valence-electron chi connectivity index (χ4n) is 1.82. The summed E-state index contributed by atoms with van der Waals surface area (Å²) in [4.78, 5) is 17.3. The number of ether oxygens (including phenoxy) is 2. The van der Waals surface area contributed by atoms with Crippen molar-refractivity contribution in [3.05, 3.63) is 21.7 Å². The highest BCUT2D eigenvalue weighted by molar-refractivity contribution is 5.56. The van der Waals surface area contributed by atoms with Crippen molar-refractivity contribution >= 4 is 5.82 Å². The van der Waals surface area contributed by atoms with Crippen molar-refractivity contribution in [1.29, 1.82) is 0 Å². The van der Waals surface area contributed by atoms with Crippen molar-refractivity contribution in [1.82, 2.24) is 19.7 Å². The Kier molecular flexibility index (Phi) is 4.08.